The lowest BCUT2D eigenvalue weighted by Gasteiger charge is -2.05. The van der Waals surface area contributed by atoms with Gasteiger partial charge in [-0.05, 0) is 25.8 Å². The van der Waals surface area contributed by atoms with Crippen LogP contribution < -0.4 is 5.73 Å². The predicted octanol–water partition coefficient (Wildman–Crippen LogP) is 4.97. The number of rotatable bonds is 16. The molecule has 0 aromatic carbocycles. The zero-order valence-electron chi connectivity index (χ0n) is 14.2. The largest absolute Gasteiger partial charge is 0.466 e. The van der Waals surface area contributed by atoms with E-state index in [-0.39, 0.29) is 5.97 Å². The topological polar surface area (TPSA) is 52.3 Å². The van der Waals surface area contributed by atoms with Crippen molar-refractivity contribution in [3.05, 3.63) is 0 Å². The van der Waals surface area contributed by atoms with E-state index in [0.717, 1.165) is 25.7 Å². The van der Waals surface area contributed by atoms with E-state index in [1.807, 2.05) is 0 Å². The lowest BCUT2D eigenvalue weighted by molar-refractivity contribution is -0.143. The number of unbranched alkanes of at least 4 members (excludes halogenated alkanes) is 11. The van der Waals surface area contributed by atoms with Crippen molar-refractivity contribution in [3.8, 4) is 0 Å². The summed E-state index contributed by atoms with van der Waals surface area (Å²) in [5.74, 6) is -0.0389. The Morgan fingerprint density at radius 2 is 1.29 bits per heavy atom. The molecular weight excluding hydrogens is 262 g/mol. The van der Waals surface area contributed by atoms with Crippen molar-refractivity contribution >= 4 is 5.97 Å². The SMILES string of the molecule is CCCCCCCCCCCCOC(=O)CCCCCN. The Morgan fingerprint density at radius 3 is 1.86 bits per heavy atom. The average molecular weight is 299 g/mol. The molecule has 0 fully saturated rings. The van der Waals surface area contributed by atoms with E-state index in [9.17, 15) is 4.79 Å². The fraction of sp³-hybridized carbons (Fsp3) is 0.944. The van der Waals surface area contributed by atoms with Gasteiger partial charge in [0.05, 0.1) is 6.61 Å². The first-order chi connectivity index (χ1) is 10.3. The predicted molar refractivity (Wildman–Crippen MR) is 90.3 cm³/mol. The fourth-order valence-electron chi connectivity index (χ4n) is 2.44. The van der Waals surface area contributed by atoms with Crippen LogP contribution in [0.4, 0.5) is 0 Å². The first kappa shape index (κ1) is 20.4. The molecule has 3 heteroatoms. The van der Waals surface area contributed by atoms with Crippen LogP contribution in [0.2, 0.25) is 0 Å². The maximum Gasteiger partial charge on any atom is 0.305 e. The maximum atomic E-state index is 11.4. The molecule has 0 rings (SSSR count). The van der Waals surface area contributed by atoms with E-state index in [1.54, 1.807) is 0 Å². The molecule has 0 radical (unpaired) electrons. The molecule has 0 aromatic rings. The van der Waals surface area contributed by atoms with Crippen LogP contribution in [0.25, 0.3) is 0 Å². The number of ether oxygens (including phenoxy) is 1. The minimum Gasteiger partial charge on any atom is -0.466 e. The molecule has 21 heavy (non-hydrogen) atoms. The summed E-state index contributed by atoms with van der Waals surface area (Å²) in [6.07, 6.45) is 16.6. The Hall–Kier alpha value is -0.570. The average Bonchev–Trinajstić information content (AvgIpc) is 2.49. The number of nitrogens with two attached hydrogens (primary N) is 1. The summed E-state index contributed by atoms with van der Waals surface area (Å²) in [6, 6.07) is 0. The van der Waals surface area contributed by atoms with Crippen molar-refractivity contribution in [2.24, 2.45) is 5.73 Å². The van der Waals surface area contributed by atoms with Crippen molar-refractivity contribution in [3.63, 3.8) is 0 Å². The quantitative estimate of drug-likeness (QED) is 0.323. The van der Waals surface area contributed by atoms with Crippen LogP contribution in [-0.4, -0.2) is 19.1 Å². The summed E-state index contributed by atoms with van der Waals surface area (Å²) in [5.41, 5.74) is 5.41. The minimum absolute atomic E-state index is 0.0389. The van der Waals surface area contributed by atoms with Crippen molar-refractivity contribution < 1.29 is 9.53 Å². The molecule has 0 amide bonds. The van der Waals surface area contributed by atoms with E-state index >= 15 is 0 Å². The molecular formula is C18H37NO2. The minimum atomic E-state index is -0.0389. The summed E-state index contributed by atoms with van der Waals surface area (Å²) in [4.78, 5) is 11.4. The third kappa shape index (κ3) is 17.4. The van der Waals surface area contributed by atoms with Crippen molar-refractivity contribution in [1.82, 2.24) is 0 Å². The van der Waals surface area contributed by atoms with Gasteiger partial charge in [0.25, 0.3) is 0 Å². The van der Waals surface area contributed by atoms with Gasteiger partial charge < -0.3 is 10.5 Å². The highest BCUT2D eigenvalue weighted by Gasteiger charge is 2.01. The van der Waals surface area contributed by atoms with Crippen molar-refractivity contribution in [2.75, 3.05) is 13.2 Å². The smallest absolute Gasteiger partial charge is 0.305 e. The fourth-order valence-corrected chi connectivity index (χ4v) is 2.44. The second-order valence-electron chi connectivity index (χ2n) is 6.00. The molecule has 126 valence electrons. The molecule has 0 saturated carbocycles. The van der Waals surface area contributed by atoms with E-state index in [0.29, 0.717) is 19.6 Å². The van der Waals surface area contributed by atoms with Gasteiger partial charge in [-0.25, -0.2) is 0 Å². The van der Waals surface area contributed by atoms with Gasteiger partial charge in [0.1, 0.15) is 0 Å². The highest BCUT2D eigenvalue weighted by atomic mass is 16.5. The van der Waals surface area contributed by atoms with E-state index in [1.165, 1.54) is 57.8 Å². The molecule has 0 aliphatic heterocycles. The van der Waals surface area contributed by atoms with Crippen LogP contribution in [0.15, 0.2) is 0 Å². The Kier molecular flexibility index (Phi) is 17.0. The van der Waals surface area contributed by atoms with Gasteiger partial charge in [-0.1, -0.05) is 71.1 Å². The molecule has 0 saturated heterocycles. The van der Waals surface area contributed by atoms with Crippen LogP contribution >= 0.6 is 0 Å². The monoisotopic (exact) mass is 299 g/mol. The van der Waals surface area contributed by atoms with Gasteiger partial charge in [0.2, 0.25) is 0 Å². The van der Waals surface area contributed by atoms with E-state index < -0.39 is 0 Å². The summed E-state index contributed by atoms with van der Waals surface area (Å²) in [6.45, 7) is 3.58. The molecule has 0 heterocycles. The summed E-state index contributed by atoms with van der Waals surface area (Å²) in [5, 5.41) is 0. The lowest BCUT2D eigenvalue weighted by atomic mass is 10.1. The molecule has 0 aliphatic carbocycles. The summed E-state index contributed by atoms with van der Waals surface area (Å²) >= 11 is 0. The van der Waals surface area contributed by atoms with E-state index in [2.05, 4.69) is 6.92 Å². The number of esters is 1. The van der Waals surface area contributed by atoms with E-state index in [4.69, 9.17) is 10.5 Å². The Morgan fingerprint density at radius 1 is 0.762 bits per heavy atom. The van der Waals surface area contributed by atoms with Gasteiger partial charge in [0, 0.05) is 6.42 Å². The van der Waals surface area contributed by atoms with Gasteiger partial charge >= 0.3 is 5.97 Å². The highest BCUT2D eigenvalue weighted by molar-refractivity contribution is 5.69. The van der Waals surface area contributed by atoms with Gasteiger partial charge in [0.15, 0.2) is 0 Å². The van der Waals surface area contributed by atoms with Crippen molar-refractivity contribution in [1.29, 1.82) is 0 Å². The van der Waals surface area contributed by atoms with Gasteiger partial charge in [-0.15, -0.1) is 0 Å². The second-order valence-corrected chi connectivity index (χ2v) is 6.00. The van der Waals surface area contributed by atoms with Crippen LogP contribution in [0, 0.1) is 0 Å². The standard InChI is InChI=1S/C18H37NO2/c1-2-3-4-5-6-7-8-9-10-14-17-21-18(20)15-12-11-13-16-19/h2-17,19H2,1H3. The third-order valence-corrected chi connectivity index (χ3v) is 3.85. The summed E-state index contributed by atoms with van der Waals surface area (Å²) in [7, 11) is 0. The number of carbonyl (C=O) groups excluding carboxylic acids is 1. The molecule has 0 bridgehead atoms. The Labute approximate surface area is 132 Å². The molecule has 2 N–H and O–H groups in total. The lowest BCUT2D eigenvalue weighted by Crippen LogP contribution is -2.06. The number of carbonyl (C=O) groups is 1. The Bertz CT molecular complexity index is 219. The first-order valence-corrected chi connectivity index (χ1v) is 9.17. The van der Waals surface area contributed by atoms with Gasteiger partial charge in [-0.3, -0.25) is 4.79 Å². The normalized spacial score (nSPS) is 10.8. The zero-order chi connectivity index (χ0) is 15.6. The second kappa shape index (κ2) is 17.5. The maximum absolute atomic E-state index is 11.4. The Balaban J connectivity index is 3.09. The molecule has 0 aliphatic rings. The number of hydrogen-bond donors (Lipinski definition) is 1. The molecule has 3 nitrogen and oxygen atoms in total. The molecule has 0 spiro atoms. The number of hydrogen-bond acceptors (Lipinski definition) is 3. The summed E-state index contributed by atoms with van der Waals surface area (Å²) < 4.78 is 5.22. The van der Waals surface area contributed by atoms with Crippen LogP contribution in [-0.2, 0) is 9.53 Å². The van der Waals surface area contributed by atoms with Gasteiger partial charge in [-0.2, -0.15) is 0 Å². The molecule has 0 aromatic heterocycles. The highest BCUT2D eigenvalue weighted by Crippen LogP contribution is 2.10. The van der Waals surface area contributed by atoms with Crippen LogP contribution in [0.5, 0.6) is 0 Å². The molecule has 0 atom stereocenters. The first-order valence-electron chi connectivity index (χ1n) is 9.17. The zero-order valence-corrected chi connectivity index (χ0v) is 14.2. The van der Waals surface area contributed by atoms with Crippen molar-refractivity contribution in [2.45, 2.75) is 96.8 Å². The van der Waals surface area contributed by atoms with Crippen LogP contribution in [0.1, 0.15) is 96.8 Å². The third-order valence-electron chi connectivity index (χ3n) is 3.85. The van der Waals surface area contributed by atoms with Crippen LogP contribution in [0.3, 0.4) is 0 Å². The molecule has 0 unspecified atom stereocenters.